The van der Waals surface area contributed by atoms with Crippen LogP contribution < -0.4 is 4.74 Å². The maximum absolute atomic E-state index is 11.5. The van der Waals surface area contributed by atoms with Crippen LogP contribution in [0.15, 0.2) is 54.6 Å². The van der Waals surface area contributed by atoms with Gasteiger partial charge < -0.3 is 9.84 Å². The minimum absolute atomic E-state index is 0.0143. The van der Waals surface area contributed by atoms with Crippen LogP contribution in [0.4, 0.5) is 0 Å². The molecule has 0 aliphatic rings. The summed E-state index contributed by atoms with van der Waals surface area (Å²) in [6.07, 6.45) is 0.0967. The Morgan fingerprint density at radius 2 is 1.63 bits per heavy atom. The number of carboxylic acid groups (broad SMARTS) is 1. The number of hydrogen-bond acceptors (Lipinski definition) is 3. The normalized spacial score (nSPS) is 11.2. The molecular weight excluding hydrogens is 340 g/mol. The molecule has 0 fully saturated rings. The second-order valence-electron chi connectivity index (χ2n) is 7.07. The van der Waals surface area contributed by atoms with Crippen LogP contribution in [0, 0.1) is 0 Å². The van der Waals surface area contributed by atoms with Gasteiger partial charge in [0.2, 0.25) is 0 Å². The summed E-state index contributed by atoms with van der Waals surface area (Å²) in [6, 6.07) is 17.2. The van der Waals surface area contributed by atoms with Gasteiger partial charge in [-0.15, -0.1) is 0 Å². The van der Waals surface area contributed by atoms with Gasteiger partial charge in [-0.2, -0.15) is 5.10 Å². The van der Waals surface area contributed by atoms with Gasteiger partial charge in [-0.05, 0) is 67.8 Å². The summed E-state index contributed by atoms with van der Waals surface area (Å²) in [5, 5.41) is 13.7. The summed E-state index contributed by atoms with van der Waals surface area (Å²) < 4.78 is 7.35. The van der Waals surface area contributed by atoms with Gasteiger partial charge in [-0.1, -0.05) is 26.0 Å². The van der Waals surface area contributed by atoms with E-state index in [0.29, 0.717) is 5.92 Å². The molecule has 0 unspecified atom stereocenters. The Kier molecular flexibility index (Phi) is 5.31. The summed E-state index contributed by atoms with van der Waals surface area (Å²) in [6.45, 7) is 8.22. The van der Waals surface area contributed by atoms with Crippen LogP contribution in [0.25, 0.3) is 16.9 Å². The van der Waals surface area contributed by atoms with E-state index in [4.69, 9.17) is 4.74 Å². The van der Waals surface area contributed by atoms with Gasteiger partial charge in [0.05, 0.1) is 17.5 Å². The minimum Gasteiger partial charge on any atom is -0.491 e. The Labute approximate surface area is 159 Å². The summed E-state index contributed by atoms with van der Waals surface area (Å²) in [5.41, 5.74) is 3.66. The zero-order valence-corrected chi connectivity index (χ0v) is 16.0. The molecule has 5 nitrogen and oxygen atoms in total. The molecule has 3 aromatic rings. The van der Waals surface area contributed by atoms with Crippen molar-refractivity contribution in [3.05, 3.63) is 65.9 Å². The minimum atomic E-state index is -1.05. The lowest BCUT2D eigenvalue weighted by Crippen LogP contribution is -2.05. The van der Waals surface area contributed by atoms with Crippen molar-refractivity contribution in [3.8, 4) is 22.7 Å². The van der Waals surface area contributed by atoms with Gasteiger partial charge in [0.1, 0.15) is 5.75 Å². The average molecular weight is 364 g/mol. The van der Waals surface area contributed by atoms with Crippen molar-refractivity contribution in [2.75, 3.05) is 0 Å². The predicted octanol–water partition coefficient (Wildman–Crippen LogP) is 5.15. The number of benzene rings is 2. The van der Waals surface area contributed by atoms with E-state index in [-0.39, 0.29) is 11.8 Å². The lowest BCUT2D eigenvalue weighted by Gasteiger charge is -2.12. The molecule has 0 atom stereocenters. The fourth-order valence-corrected chi connectivity index (χ4v) is 2.86. The smallest absolute Gasteiger partial charge is 0.356 e. The van der Waals surface area contributed by atoms with Crippen molar-refractivity contribution < 1.29 is 14.6 Å². The van der Waals surface area contributed by atoms with Crippen LogP contribution in [-0.4, -0.2) is 27.0 Å². The molecule has 0 aliphatic heterocycles. The summed E-state index contributed by atoms with van der Waals surface area (Å²) in [4.78, 5) is 11.5. The molecule has 140 valence electrons. The lowest BCUT2D eigenvalue weighted by atomic mass is 10.0. The number of rotatable bonds is 6. The number of hydrogen-bond donors (Lipinski definition) is 1. The Morgan fingerprint density at radius 1 is 1.00 bits per heavy atom. The first-order valence-corrected chi connectivity index (χ1v) is 9.06. The van der Waals surface area contributed by atoms with Gasteiger partial charge >= 0.3 is 5.97 Å². The van der Waals surface area contributed by atoms with Crippen LogP contribution in [0.5, 0.6) is 5.75 Å². The third-order valence-electron chi connectivity index (χ3n) is 4.25. The summed E-state index contributed by atoms with van der Waals surface area (Å²) in [7, 11) is 0. The van der Waals surface area contributed by atoms with E-state index < -0.39 is 5.97 Å². The maximum Gasteiger partial charge on any atom is 0.356 e. The first-order valence-electron chi connectivity index (χ1n) is 9.06. The molecule has 27 heavy (non-hydrogen) atoms. The average Bonchev–Trinajstić information content (AvgIpc) is 3.07. The molecule has 0 radical (unpaired) electrons. The van der Waals surface area contributed by atoms with Crippen molar-refractivity contribution in [2.24, 2.45) is 0 Å². The van der Waals surface area contributed by atoms with E-state index in [1.807, 2.05) is 62.4 Å². The zero-order chi connectivity index (χ0) is 19.6. The molecule has 2 aromatic carbocycles. The Bertz CT molecular complexity index is 923. The number of aromatic carboxylic acids is 1. The molecule has 5 heteroatoms. The van der Waals surface area contributed by atoms with Crippen molar-refractivity contribution in [2.45, 2.75) is 39.7 Å². The Morgan fingerprint density at radius 3 is 2.15 bits per heavy atom. The van der Waals surface area contributed by atoms with Crippen LogP contribution >= 0.6 is 0 Å². The molecule has 0 spiro atoms. The maximum atomic E-state index is 11.5. The van der Waals surface area contributed by atoms with Crippen molar-refractivity contribution in [1.82, 2.24) is 9.78 Å². The zero-order valence-electron chi connectivity index (χ0n) is 16.0. The number of carboxylic acids is 1. The van der Waals surface area contributed by atoms with Crippen molar-refractivity contribution in [1.29, 1.82) is 0 Å². The van der Waals surface area contributed by atoms with E-state index >= 15 is 0 Å². The molecule has 0 saturated carbocycles. The molecule has 1 heterocycles. The van der Waals surface area contributed by atoms with Gasteiger partial charge in [0.25, 0.3) is 0 Å². The largest absolute Gasteiger partial charge is 0.491 e. The monoisotopic (exact) mass is 364 g/mol. The van der Waals surface area contributed by atoms with E-state index in [0.717, 1.165) is 22.7 Å². The lowest BCUT2D eigenvalue weighted by molar-refractivity contribution is 0.0690. The van der Waals surface area contributed by atoms with Gasteiger partial charge in [0.15, 0.2) is 5.69 Å². The van der Waals surface area contributed by atoms with Gasteiger partial charge in [-0.25, -0.2) is 9.48 Å². The second-order valence-corrected chi connectivity index (χ2v) is 7.07. The SMILES string of the molecule is CC(C)Oc1ccc(-c2cc(C(=O)O)nn2-c2ccc(C(C)C)cc2)cc1. The molecule has 0 amide bonds. The highest BCUT2D eigenvalue weighted by molar-refractivity contribution is 5.87. The van der Waals surface area contributed by atoms with Crippen LogP contribution in [0.2, 0.25) is 0 Å². The molecule has 3 rings (SSSR count). The van der Waals surface area contributed by atoms with E-state index in [9.17, 15) is 9.90 Å². The number of aromatic nitrogens is 2. The summed E-state index contributed by atoms with van der Waals surface area (Å²) >= 11 is 0. The predicted molar refractivity (Wildman–Crippen MR) is 106 cm³/mol. The molecule has 0 aliphatic carbocycles. The van der Waals surface area contributed by atoms with Crippen molar-refractivity contribution in [3.63, 3.8) is 0 Å². The van der Waals surface area contributed by atoms with E-state index in [1.165, 1.54) is 5.56 Å². The Balaban J connectivity index is 2.03. The molecule has 1 N–H and O–H groups in total. The highest BCUT2D eigenvalue weighted by Gasteiger charge is 2.16. The number of ether oxygens (including phenoxy) is 1. The van der Waals surface area contributed by atoms with Gasteiger partial charge in [0, 0.05) is 5.56 Å². The Hall–Kier alpha value is -3.08. The van der Waals surface area contributed by atoms with Crippen LogP contribution in [0.3, 0.4) is 0 Å². The first kappa shape index (κ1) is 18.7. The molecule has 0 bridgehead atoms. The van der Waals surface area contributed by atoms with Crippen LogP contribution in [0.1, 0.15) is 49.7 Å². The molecular formula is C22H24N2O3. The highest BCUT2D eigenvalue weighted by Crippen LogP contribution is 2.27. The standard InChI is InChI=1S/C22H24N2O3/c1-14(2)16-5-9-18(10-6-16)24-21(13-20(23-24)22(25)26)17-7-11-19(12-8-17)27-15(3)4/h5-15H,1-4H3,(H,25,26). The quantitative estimate of drug-likeness (QED) is 0.657. The first-order chi connectivity index (χ1) is 12.8. The number of nitrogens with zero attached hydrogens (tertiary/aromatic N) is 2. The second kappa shape index (κ2) is 7.66. The van der Waals surface area contributed by atoms with Crippen LogP contribution in [-0.2, 0) is 0 Å². The van der Waals surface area contributed by atoms with E-state index in [1.54, 1.807) is 10.7 Å². The fourth-order valence-electron chi connectivity index (χ4n) is 2.86. The molecule has 1 aromatic heterocycles. The van der Waals surface area contributed by atoms with E-state index in [2.05, 4.69) is 18.9 Å². The third-order valence-corrected chi connectivity index (χ3v) is 4.25. The topological polar surface area (TPSA) is 64.3 Å². The number of carbonyl (C=O) groups is 1. The summed E-state index contributed by atoms with van der Waals surface area (Å²) in [5.74, 6) is 0.160. The van der Waals surface area contributed by atoms with Crippen molar-refractivity contribution >= 4 is 5.97 Å². The van der Waals surface area contributed by atoms with Gasteiger partial charge in [-0.3, -0.25) is 0 Å². The third kappa shape index (κ3) is 4.19. The molecule has 0 saturated heterocycles. The highest BCUT2D eigenvalue weighted by atomic mass is 16.5. The fraction of sp³-hybridized carbons (Fsp3) is 0.273.